The van der Waals surface area contributed by atoms with E-state index in [0.29, 0.717) is 11.9 Å². The second kappa shape index (κ2) is 9.64. The van der Waals surface area contributed by atoms with Crippen molar-refractivity contribution in [3.63, 3.8) is 0 Å². The summed E-state index contributed by atoms with van der Waals surface area (Å²) in [5, 5.41) is 16.0. The summed E-state index contributed by atoms with van der Waals surface area (Å²) in [6.45, 7) is 6.66. The third kappa shape index (κ3) is 4.59. The number of hydrogen-bond acceptors (Lipinski definition) is 5. The largest absolute Gasteiger partial charge is 0.338 e. The summed E-state index contributed by atoms with van der Waals surface area (Å²) in [5.74, 6) is 0.620. The molecule has 1 saturated heterocycles. The molecule has 0 saturated carbocycles. The summed E-state index contributed by atoms with van der Waals surface area (Å²) in [5.41, 5.74) is 0.900. The van der Waals surface area contributed by atoms with E-state index in [9.17, 15) is 4.79 Å². The van der Waals surface area contributed by atoms with E-state index in [2.05, 4.69) is 27.7 Å². The van der Waals surface area contributed by atoms with Gasteiger partial charge in [0, 0.05) is 18.2 Å². The SMILES string of the molecule is CCCN(C(=O)C(C)n1nnc(-c2ccccc2)n1)C1CCNCC1.Cl. The molecule has 1 aromatic heterocycles. The number of tetrazole rings is 1. The Bertz CT molecular complexity index is 686. The van der Waals surface area contributed by atoms with E-state index in [-0.39, 0.29) is 18.3 Å². The summed E-state index contributed by atoms with van der Waals surface area (Å²) in [6.07, 6.45) is 2.94. The van der Waals surface area contributed by atoms with Crippen molar-refractivity contribution < 1.29 is 4.79 Å². The average Bonchev–Trinajstić information content (AvgIpc) is 3.16. The lowest BCUT2D eigenvalue weighted by Crippen LogP contribution is -2.48. The van der Waals surface area contributed by atoms with Crippen molar-refractivity contribution in [2.75, 3.05) is 19.6 Å². The molecule has 1 atom stereocenters. The van der Waals surface area contributed by atoms with Gasteiger partial charge in [-0.3, -0.25) is 4.79 Å². The number of nitrogens with one attached hydrogen (secondary N) is 1. The molecule has 1 aliphatic heterocycles. The number of halogens is 1. The molecule has 8 heteroatoms. The van der Waals surface area contributed by atoms with Crippen molar-refractivity contribution in [2.45, 2.75) is 45.2 Å². The molecular weight excluding hydrogens is 352 g/mol. The minimum absolute atomic E-state index is 0. The first-order chi connectivity index (χ1) is 12.2. The average molecular weight is 379 g/mol. The number of nitrogens with zero attached hydrogens (tertiary/aromatic N) is 5. The van der Waals surface area contributed by atoms with Crippen LogP contribution in [-0.2, 0) is 4.79 Å². The fourth-order valence-electron chi connectivity index (χ4n) is 3.26. The quantitative estimate of drug-likeness (QED) is 0.834. The Morgan fingerprint density at radius 1 is 1.31 bits per heavy atom. The zero-order valence-electron chi connectivity index (χ0n) is 15.3. The Morgan fingerprint density at radius 3 is 2.65 bits per heavy atom. The van der Waals surface area contributed by atoms with Gasteiger partial charge >= 0.3 is 0 Å². The van der Waals surface area contributed by atoms with E-state index in [1.54, 1.807) is 0 Å². The highest BCUT2D eigenvalue weighted by molar-refractivity contribution is 5.85. The first-order valence-electron chi connectivity index (χ1n) is 9.06. The van der Waals surface area contributed by atoms with Crippen LogP contribution in [-0.4, -0.2) is 56.7 Å². The molecule has 1 amide bonds. The Kier molecular flexibility index (Phi) is 7.53. The van der Waals surface area contributed by atoms with Gasteiger partial charge in [0.2, 0.25) is 11.7 Å². The van der Waals surface area contributed by atoms with Gasteiger partial charge in [-0.2, -0.15) is 4.80 Å². The summed E-state index contributed by atoms with van der Waals surface area (Å²) in [4.78, 5) is 16.5. The third-order valence-electron chi connectivity index (χ3n) is 4.66. The molecule has 0 spiro atoms. The number of carbonyl (C=O) groups excluding carboxylic acids is 1. The molecule has 2 aromatic rings. The molecule has 7 nitrogen and oxygen atoms in total. The van der Waals surface area contributed by atoms with Crippen molar-refractivity contribution in [1.82, 2.24) is 30.4 Å². The molecule has 0 bridgehead atoms. The molecule has 1 aromatic carbocycles. The van der Waals surface area contributed by atoms with E-state index in [1.807, 2.05) is 42.2 Å². The number of rotatable bonds is 6. The van der Waals surface area contributed by atoms with Crippen LogP contribution in [0, 0.1) is 0 Å². The van der Waals surface area contributed by atoms with E-state index >= 15 is 0 Å². The Labute approximate surface area is 160 Å². The fourth-order valence-corrected chi connectivity index (χ4v) is 3.26. The zero-order chi connectivity index (χ0) is 17.6. The summed E-state index contributed by atoms with van der Waals surface area (Å²) >= 11 is 0. The van der Waals surface area contributed by atoms with E-state index in [4.69, 9.17) is 0 Å². The lowest BCUT2D eigenvalue weighted by molar-refractivity contribution is -0.138. The second-order valence-electron chi connectivity index (χ2n) is 6.49. The first-order valence-corrected chi connectivity index (χ1v) is 9.06. The Morgan fingerprint density at radius 2 is 2.00 bits per heavy atom. The van der Waals surface area contributed by atoms with Crippen molar-refractivity contribution >= 4 is 18.3 Å². The van der Waals surface area contributed by atoms with Crippen molar-refractivity contribution in [2.24, 2.45) is 0 Å². The van der Waals surface area contributed by atoms with Gasteiger partial charge in [0.05, 0.1) is 0 Å². The minimum atomic E-state index is -0.452. The lowest BCUT2D eigenvalue weighted by Gasteiger charge is -2.35. The summed E-state index contributed by atoms with van der Waals surface area (Å²) in [7, 11) is 0. The Hall–Kier alpha value is -1.99. The first kappa shape index (κ1) is 20.3. The van der Waals surface area contributed by atoms with Crippen molar-refractivity contribution in [1.29, 1.82) is 0 Å². The van der Waals surface area contributed by atoms with Gasteiger partial charge in [-0.05, 0) is 44.5 Å². The van der Waals surface area contributed by atoms with Crippen LogP contribution in [0.3, 0.4) is 0 Å². The van der Waals surface area contributed by atoms with Gasteiger partial charge in [-0.25, -0.2) is 0 Å². The van der Waals surface area contributed by atoms with Crippen LogP contribution in [0.15, 0.2) is 30.3 Å². The molecule has 1 unspecified atom stereocenters. The minimum Gasteiger partial charge on any atom is -0.338 e. The predicted octanol–water partition coefficient (Wildman–Crippen LogP) is 2.31. The number of piperidine rings is 1. The molecule has 0 aliphatic carbocycles. The molecule has 3 rings (SSSR count). The second-order valence-corrected chi connectivity index (χ2v) is 6.49. The van der Waals surface area contributed by atoms with Gasteiger partial charge < -0.3 is 10.2 Å². The van der Waals surface area contributed by atoms with Crippen LogP contribution in [0.1, 0.15) is 39.2 Å². The molecular formula is C18H27ClN6O. The third-order valence-corrected chi connectivity index (χ3v) is 4.66. The van der Waals surface area contributed by atoms with Crippen LogP contribution in [0.4, 0.5) is 0 Å². The monoisotopic (exact) mass is 378 g/mol. The Balaban J connectivity index is 0.00000243. The van der Waals surface area contributed by atoms with Crippen LogP contribution >= 0.6 is 12.4 Å². The maximum Gasteiger partial charge on any atom is 0.249 e. The molecule has 0 radical (unpaired) electrons. The highest BCUT2D eigenvalue weighted by Gasteiger charge is 2.30. The number of benzene rings is 1. The standard InChI is InChI=1S/C18H26N6O.ClH/c1-3-13-23(16-9-11-19-12-10-16)18(25)14(2)24-21-17(20-22-24)15-7-5-4-6-8-15;/h4-8,14,16,19H,3,9-13H2,1-2H3;1H. The van der Waals surface area contributed by atoms with Gasteiger partial charge in [-0.1, -0.05) is 37.3 Å². The maximum absolute atomic E-state index is 13.1. The normalized spacial score (nSPS) is 15.9. The number of aromatic nitrogens is 4. The summed E-state index contributed by atoms with van der Waals surface area (Å²) in [6, 6.07) is 9.54. The van der Waals surface area contributed by atoms with Crippen molar-refractivity contribution in [3.8, 4) is 11.4 Å². The van der Waals surface area contributed by atoms with Gasteiger partial charge in [0.15, 0.2) is 0 Å². The van der Waals surface area contributed by atoms with Crippen LogP contribution in [0.2, 0.25) is 0 Å². The molecule has 1 aliphatic rings. The predicted molar refractivity (Wildman–Crippen MR) is 103 cm³/mol. The van der Waals surface area contributed by atoms with Gasteiger partial charge in [-0.15, -0.1) is 22.6 Å². The maximum atomic E-state index is 13.1. The molecule has 1 fully saturated rings. The topological polar surface area (TPSA) is 75.9 Å². The van der Waals surface area contributed by atoms with E-state index < -0.39 is 6.04 Å². The molecule has 26 heavy (non-hydrogen) atoms. The lowest BCUT2D eigenvalue weighted by atomic mass is 10.0. The summed E-state index contributed by atoms with van der Waals surface area (Å²) < 4.78 is 0. The van der Waals surface area contributed by atoms with Gasteiger partial charge in [0.1, 0.15) is 6.04 Å². The zero-order valence-corrected chi connectivity index (χ0v) is 16.2. The van der Waals surface area contributed by atoms with Crippen molar-refractivity contribution in [3.05, 3.63) is 30.3 Å². The smallest absolute Gasteiger partial charge is 0.249 e. The molecule has 2 heterocycles. The molecule has 1 N–H and O–H groups in total. The van der Waals surface area contributed by atoms with Crippen LogP contribution in [0.25, 0.3) is 11.4 Å². The molecule has 142 valence electrons. The van der Waals surface area contributed by atoms with E-state index in [1.165, 1.54) is 4.80 Å². The number of amides is 1. The fraction of sp³-hybridized carbons (Fsp3) is 0.556. The highest BCUT2D eigenvalue weighted by Crippen LogP contribution is 2.19. The van der Waals surface area contributed by atoms with Crippen LogP contribution in [0.5, 0.6) is 0 Å². The van der Waals surface area contributed by atoms with Crippen LogP contribution < -0.4 is 5.32 Å². The van der Waals surface area contributed by atoms with Gasteiger partial charge in [0.25, 0.3) is 0 Å². The highest BCUT2D eigenvalue weighted by atomic mass is 35.5. The number of hydrogen-bond donors (Lipinski definition) is 1. The van der Waals surface area contributed by atoms with E-state index in [0.717, 1.165) is 44.5 Å². The number of carbonyl (C=O) groups is 1.